The molecule has 0 unspecified atom stereocenters. The lowest BCUT2D eigenvalue weighted by molar-refractivity contribution is -0.129. The Hall–Kier alpha value is -2.67. The number of aromatic nitrogens is 3. The van der Waals surface area contributed by atoms with Crippen LogP contribution in [0.4, 0.5) is 4.39 Å². The Labute approximate surface area is 167 Å². The first-order chi connectivity index (χ1) is 13.6. The zero-order valence-electron chi connectivity index (χ0n) is 15.6. The molecule has 1 amide bonds. The summed E-state index contributed by atoms with van der Waals surface area (Å²) >= 11 is 1.36. The summed E-state index contributed by atoms with van der Waals surface area (Å²) in [4.78, 5) is 14.7. The molecule has 7 heteroatoms. The molecule has 3 aromatic rings. The molecular weight excluding hydrogens is 375 g/mol. The van der Waals surface area contributed by atoms with Crippen LogP contribution < -0.4 is 0 Å². The maximum Gasteiger partial charge on any atom is 0.233 e. The van der Waals surface area contributed by atoms with Gasteiger partial charge in [0.15, 0.2) is 5.16 Å². The van der Waals surface area contributed by atoms with Crippen LogP contribution in [0, 0.1) is 12.7 Å². The molecule has 144 valence electrons. The Balaban J connectivity index is 1.47. The number of benzene rings is 2. The minimum absolute atomic E-state index is 0.00369. The van der Waals surface area contributed by atoms with Crippen LogP contribution in [-0.2, 0) is 11.3 Å². The van der Waals surface area contributed by atoms with E-state index < -0.39 is 0 Å². The van der Waals surface area contributed by atoms with Gasteiger partial charge in [0, 0.05) is 23.8 Å². The van der Waals surface area contributed by atoms with Crippen molar-refractivity contribution in [2.45, 2.75) is 37.5 Å². The molecule has 0 N–H and O–H groups in total. The van der Waals surface area contributed by atoms with Crippen LogP contribution in [0.3, 0.4) is 0 Å². The summed E-state index contributed by atoms with van der Waals surface area (Å²) in [5.74, 6) is 0.742. The molecule has 1 fully saturated rings. The minimum Gasteiger partial charge on any atom is -0.335 e. The summed E-state index contributed by atoms with van der Waals surface area (Å²) in [6.07, 6.45) is 1.95. The first kappa shape index (κ1) is 18.7. The summed E-state index contributed by atoms with van der Waals surface area (Å²) in [6, 6.07) is 16.7. The predicted octanol–water partition coefficient (Wildman–Crippen LogP) is 4.00. The summed E-state index contributed by atoms with van der Waals surface area (Å²) in [5, 5.41) is 9.07. The Morgan fingerprint density at radius 2 is 1.86 bits per heavy atom. The predicted molar refractivity (Wildman–Crippen MR) is 107 cm³/mol. The third-order valence-electron chi connectivity index (χ3n) is 4.74. The van der Waals surface area contributed by atoms with Crippen molar-refractivity contribution in [2.24, 2.45) is 0 Å². The van der Waals surface area contributed by atoms with Crippen molar-refractivity contribution in [3.63, 3.8) is 0 Å². The van der Waals surface area contributed by atoms with E-state index in [2.05, 4.69) is 10.2 Å². The fraction of sp³-hybridized carbons (Fsp3) is 0.286. The number of halogens is 1. The molecule has 0 atom stereocenters. The second kappa shape index (κ2) is 8.14. The fourth-order valence-corrected chi connectivity index (χ4v) is 4.02. The van der Waals surface area contributed by atoms with Crippen molar-refractivity contribution in [2.75, 3.05) is 5.75 Å². The highest BCUT2D eigenvalue weighted by Crippen LogP contribution is 2.30. The number of nitrogens with zero attached hydrogens (tertiary/aromatic N) is 4. The third-order valence-corrected chi connectivity index (χ3v) is 5.65. The van der Waals surface area contributed by atoms with Crippen LogP contribution in [0.5, 0.6) is 0 Å². The topological polar surface area (TPSA) is 51.0 Å². The maximum absolute atomic E-state index is 14.0. The van der Waals surface area contributed by atoms with Crippen LogP contribution in [0.1, 0.15) is 24.2 Å². The van der Waals surface area contributed by atoms with Gasteiger partial charge in [-0.1, -0.05) is 48.2 Å². The van der Waals surface area contributed by atoms with Gasteiger partial charge in [-0.3, -0.25) is 9.36 Å². The van der Waals surface area contributed by atoms with Gasteiger partial charge in [0.25, 0.3) is 0 Å². The normalized spacial score (nSPS) is 13.5. The quantitative estimate of drug-likeness (QED) is 0.567. The van der Waals surface area contributed by atoms with Gasteiger partial charge in [-0.05, 0) is 38.0 Å². The van der Waals surface area contributed by atoms with E-state index in [0.717, 1.165) is 24.4 Å². The third kappa shape index (κ3) is 4.09. The Morgan fingerprint density at radius 1 is 1.14 bits per heavy atom. The van der Waals surface area contributed by atoms with Crippen molar-refractivity contribution in [1.82, 2.24) is 19.7 Å². The molecule has 1 heterocycles. The number of para-hydroxylation sites is 1. The first-order valence-electron chi connectivity index (χ1n) is 9.26. The summed E-state index contributed by atoms with van der Waals surface area (Å²) in [7, 11) is 0. The zero-order chi connectivity index (χ0) is 19.5. The lowest BCUT2D eigenvalue weighted by Crippen LogP contribution is -2.34. The van der Waals surface area contributed by atoms with Crippen LogP contribution >= 0.6 is 11.8 Å². The molecule has 0 aliphatic heterocycles. The molecule has 1 saturated carbocycles. The van der Waals surface area contributed by atoms with Gasteiger partial charge >= 0.3 is 0 Å². The molecule has 0 saturated heterocycles. The van der Waals surface area contributed by atoms with Crippen LogP contribution in [0.25, 0.3) is 5.69 Å². The summed E-state index contributed by atoms with van der Waals surface area (Å²) < 4.78 is 16.0. The van der Waals surface area contributed by atoms with E-state index in [9.17, 15) is 9.18 Å². The minimum atomic E-state index is -0.270. The van der Waals surface area contributed by atoms with Crippen molar-refractivity contribution >= 4 is 17.7 Å². The Morgan fingerprint density at radius 3 is 2.57 bits per heavy atom. The van der Waals surface area contributed by atoms with E-state index in [1.807, 2.05) is 41.8 Å². The fourth-order valence-electron chi connectivity index (χ4n) is 3.14. The van der Waals surface area contributed by atoms with E-state index in [-0.39, 0.29) is 23.5 Å². The van der Waals surface area contributed by atoms with E-state index >= 15 is 0 Å². The number of aryl methyl sites for hydroxylation is 1. The summed E-state index contributed by atoms with van der Waals surface area (Å²) in [5.41, 5.74) is 1.52. The van der Waals surface area contributed by atoms with E-state index in [4.69, 9.17) is 0 Å². The Kier molecular flexibility index (Phi) is 5.43. The molecule has 1 aliphatic carbocycles. The number of carbonyl (C=O) groups is 1. The number of amides is 1. The smallest absolute Gasteiger partial charge is 0.233 e. The average Bonchev–Trinajstić information content (AvgIpc) is 3.48. The van der Waals surface area contributed by atoms with Gasteiger partial charge in [0.05, 0.1) is 5.75 Å². The van der Waals surface area contributed by atoms with Crippen LogP contribution in [-0.4, -0.2) is 37.4 Å². The molecule has 0 bridgehead atoms. The molecule has 0 radical (unpaired) electrons. The molecule has 4 rings (SSSR count). The molecule has 2 aromatic carbocycles. The number of carbonyl (C=O) groups excluding carboxylic acids is 1. The van der Waals surface area contributed by atoms with Gasteiger partial charge < -0.3 is 4.90 Å². The van der Waals surface area contributed by atoms with E-state index in [0.29, 0.717) is 17.3 Å². The first-order valence-corrected chi connectivity index (χ1v) is 10.2. The van der Waals surface area contributed by atoms with E-state index in [1.165, 1.54) is 17.8 Å². The summed E-state index contributed by atoms with van der Waals surface area (Å²) in [6.45, 7) is 2.20. The highest BCUT2D eigenvalue weighted by molar-refractivity contribution is 7.99. The highest BCUT2D eigenvalue weighted by Gasteiger charge is 2.33. The average molecular weight is 396 g/mol. The van der Waals surface area contributed by atoms with Crippen molar-refractivity contribution in [3.8, 4) is 5.69 Å². The van der Waals surface area contributed by atoms with Crippen molar-refractivity contribution in [1.29, 1.82) is 0 Å². The van der Waals surface area contributed by atoms with Gasteiger partial charge in [0.1, 0.15) is 11.6 Å². The SMILES string of the molecule is Cc1nnc(SCC(=O)N(Cc2ccccc2F)C2CC2)n1-c1ccccc1. The van der Waals surface area contributed by atoms with Gasteiger partial charge in [-0.15, -0.1) is 10.2 Å². The lowest BCUT2D eigenvalue weighted by Gasteiger charge is -2.22. The molecular formula is C21H21FN4OS. The van der Waals surface area contributed by atoms with Crippen molar-refractivity contribution in [3.05, 3.63) is 71.8 Å². The molecule has 5 nitrogen and oxygen atoms in total. The monoisotopic (exact) mass is 396 g/mol. The van der Waals surface area contributed by atoms with Gasteiger partial charge in [0.2, 0.25) is 5.91 Å². The van der Waals surface area contributed by atoms with Crippen molar-refractivity contribution < 1.29 is 9.18 Å². The molecule has 0 spiro atoms. The largest absolute Gasteiger partial charge is 0.335 e. The maximum atomic E-state index is 14.0. The number of hydrogen-bond donors (Lipinski definition) is 0. The highest BCUT2D eigenvalue weighted by atomic mass is 32.2. The zero-order valence-corrected chi connectivity index (χ0v) is 16.4. The standard InChI is InChI=1S/C21H21FN4OS/c1-15-23-24-21(26(15)18-8-3-2-4-9-18)28-14-20(27)25(17-11-12-17)13-16-7-5-6-10-19(16)22/h2-10,17H,11-14H2,1H3. The van der Waals surface area contributed by atoms with Gasteiger partial charge in [-0.25, -0.2) is 4.39 Å². The van der Waals surface area contributed by atoms with Gasteiger partial charge in [-0.2, -0.15) is 0 Å². The number of hydrogen-bond acceptors (Lipinski definition) is 4. The molecule has 1 aliphatic rings. The lowest BCUT2D eigenvalue weighted by atomic mass is 10.2. The number of rotatable bonds is 7. The van der Waals surface area contributed by atoms with Crippen LogP contribution in [0.15, 0.2) is 59.8 Å². The second-order valence-electron chi connectivity index (χ2n) is 6.83. The molecule has 1 aromatic heterocycles. The van der Waals surface area contributed by atoms with Crippen LogP contribution in [0.2, 0.25) is 0 Å². The Bertz CT molecular complexity index is 972. The number of thioether (sulfide) groups is 1. The van der Waals surface area contributed by atoms with E-state index in [1.54, 1.807) is 23.1 Å². The second-order valence-corrected chi connectivity index (χ2v) is 7.78. The molecule has 28 heavy (non-hydrogen) atoms.